The van der Waals surface area contributed by atoms with Gasteiger partial charge in [0, 0.05) is 11.4 Å². The highest BCUT2D eigenvalue weighted by molar-refractivity contribution is 5.79. The monoisotopic (exact) mass is 216 g/mol. The van der Waals surface area contributed by atoms with Crippen molar-refractivity contribution in [2.45, 2.75) is 13.8 Å². The van der Waals surface area contributed by atoms with Gasteiger partial charge in [-0.15, -0.1) is 4.91 Å². The number of aromatic nitrogens is 1. The zero-order valence-electron chi connectivity index (χ0n) is 8.77. The molecular formula is C11H8N2O3. The Kier molecular flexibility index (Phi) is 2.23. The van der Waals surface area contributed by atoms with E-state index in [1.165, 1.54) is 0 Å². The van der Waals surface area contributed by atoms with E-state index >= 15 is 0 Å². The van der Waals surface area contributed by atoms with Crippen LogP contribution in [0.2, 0.25) is 0 Å². The smallest absolute Gasteiger partial charge is 0.256 e. The molecule has 2 aromatic rings. The SMILES string of the molecule is Cc1cc(-c2c(N=O)c(=O)c2=O)cc(C)n1. The molecule has 1 heterocycles. The van der Waals surface area contributed by atoms with Crippen LogP contribution in [0.4, 0.5) is 5.69 Å². The van der Waals surface area contributed by atoms with Crippen molar-refractivity contribution in [1.82, 2.24) is 4.98 Å². The van der Waals surface area contributed by atoms with Crippen LogP contribution in [-0.4, -0.2) is 4.98 Å². The molecule has 2 rings (SSSR count). The minimum Gasteiger partial charge on any atom is -0.285 e. The number of nitroso groups, excluding NO2 is 1. The summed E-state index contributed by atoms with van der Waals surface area (Å²) in [4.78, 5) is 36.9. The standard InChI is InChI=1S/C11H8N2O3/c1-5-3-7(4-6(2)12-5)8-9(13-16)11(15)10(8)14/h3-4H,1-2H3. The van der Waals surface area contributed by atoms with Crippen LogP contribution in [0.25, 0.3) is 11.1 Å². The molecule has 0 spiro atoms. The molecular weight excluding hydrogens is 208 g/mol. The van der Waals surface area contributed by atoms with Crippen molar-refractivity contribution in [3.8, 4) is 11.1 Å². The predicted molar refractivity (Wildman–Crippen MR) is 59.5 cm³/mol. The molecule has 0 atom stereocenters. The lowest BCUT2D eigenvalue weighted by Crippen LogP contribution is -2.32. The fourth-order valence-corrected chi connectivity index (χ4v) is 1.71. The molecule has 0 amide bonds. The van der Waals surface area contributed by atoms with E-state index < -0.39 is 10.9 Å². The topological polar surface area (TPSA) is 76.5 Å². The van der Waals surface area contributed by atoms with Gasteiger partial charge < -0.3 is 0 Å². The Balaban J connectivity index is 2.69. The molecule has 1 aromatic heterocycles. The van der Waals surface area contributed by atoms with Gasteiger partial charge in [0.15, 0.2) is 5.69 Å². The lowest BCUT2D eigenvalue weighted by Gasteiger charge is -2.06. The fourth-order valence-electron chi connectivity index (χ4n) is 1.71. The van der Waals surface area contributed by atoms with Crippen molar-refractivity contribution in [2.75, 3.05) is 0 Å². The number of rotatable bonds is 2. The summed E-state index contributed by atoms with van der Waals surface area (Å²) in [6.07, 6.45) is 0. The Hall–Kier alpha value is -2.17. The first-order chi connectivity index (χ1) is 7.54. The number of hydrogen-bond acceptors (Lipinski definition) is 5. The fraction of sp³-hybridized carbons (Fsp3) is 0.182. The Morgan fingerprint density at radius 2 is 1.62 bits per heavy atom. The maximum atomic E-state index is 11.3. The van der Waals surface area contributed by atoms with Gasteiger partial charge in [0.2, 0.25) is 5.43 Å². The highest BCUT2D eigenvalue weighted by Gasteiger charge is 2.23. The summed E-state index contributed by atoms with van der Waals surface area (Å²) in [5.74, 6) is 0. The Labute approximate surface area is 90.4 Å². The number of hydrogen-bond donors (Lipinski definition) is 0. The van der Waals surface area contributed by atoms with Gasteiger partial charge in [-0.3, -0.25) is 14.6 Å². The zero-order valence-corrected chi connectivity index (χ0v) is 8.77. The molecule has 0 bridgehead atoms. The third-order valence-electron chi connectivity index (χ3n) is 2.35. The maximum absolute atomic E-state index is 11.3. The quantitative estimate of drug-likeness (QED) is 0.561. The van der Waals surface area contributed by atoms with Gasteiger partial charge >= 0.3 is 0 Å². The van der Waals surface area contributed by atoms with Gasteiger partial charge in [0.05, 0.1) is 5.56 Å². The van der Waals surface area contributed by atoms with Crippen LogP contribution in [0.5, 0.6) is 0 Å². The van der Waals surface area contributed by atoms with Crippen LogP contribution in [-0.2, 0) is 0 Å². The molecule has 5 nitrogen and oxygen atoms in total. The lowest BCUT2D eigenvalue weighted by atomic mass is 9.98. The summed E-state index contributed by atoms with van der Waals surface area (Å²) in [5.41, 5.74) is 0.337. The van der Waals surface area contributed by atoms with Gasteiger partial charge in [0.25, 0.3) is 5.43 Å². The van der Waals surface area contributed by atoms with Crippen LogP contribution < -0.4 is 10.9 Å². The Morgan fingerprint density at radius 3 is 2.12 bits per heavy atom. The minimum absolute atomic E-state index is 0.105. The van der Waals surface area contributed by atoms with Crippen LogP contribution in [0.3, 0.4) is 0 Å². The van der Waals surface area contributed by atoms with Gasteiger partial charge in [-0.05, 0) is 36.7 Å². The molecule has 1 aromatic carbocycles. The summed E-state index contributed by atoms with van der Waals surface area (Å²) in [7, 11) is 0. The summed E-state index contributed by atoms with van der Waals surface area (Å²) < 4.78 is 0. The first-order valence-electron chi connectivity index (χ1n) is 4.67. The summed E-state index contributed by atoms with van der Waals surface area (Å²) in [5, 5.41) is 2.58. The number of aryl methyl sites for hydroxylation is 2. The first kappa shape index (κ1) is 10.4. The van der Waals surface area contributed by atoms with Gasteiger partial charge in [-0.2, -0.15) is 0 Å². The number of pyridine rings is 1. The summed E-state index contributed by atoms with van der Waals surface area (Å²) in [6.45, 7) is 3.55. The molecule has 5 heteroatoms. The molecule has 80 valence electrons. The third kappa shape index (κ3) is 1.37. The van der Waals surface area contributed by atoms with Gasteiger partial charge in [-0.1, -0.05) is 0 Å². The first-order valence-corrected chi connectivity index (χ1v) is 4.67. The molecule has 0 unspecified atom stereocenters. The average Bonchev–Trinajstić information content (AvgIpc) is 2.22. The van der Waals surface area contributed by atoms with E-state index in [9.17, 15) is 14.5 Å². The van der Waals surface area contributed by atoms with Crippen LogP contribution in [0.15, 0.2) is 26.9 Å². The van der Waals surface area contributed by atoms with Crippen molar-refractivity contribution in [1.29, 1.82) is 0 Å². The van der Waals surface area contributed by atoms with Crippen molar-refractivity contribution in [3.63, 3.8) is 0 Å². The average molecular weight is 216 g/mol. The molecule has 0 saturated carbocycles. The van der Waals surface area contributed by atoms with E-state index in [0.29, 0.717) is 5.56 Å². The molecule has 0 saturated heterocycles. The molecule has 0 N–H and O–H groups in total. The molecule has 0 fully saturated rings. The minimum atomic E-state index is -0.808. The van der Waals surface area contributed by atoms with Crippen molar-refractivity contribution in [2.24, 2.45) is 5.18 Å². The summed E-state index contributed by atoms with van der Waals surface area (Å²) in [6, 6.07) is 3.30. The van der Waals surface area contributed by atoms with E-state index in [4.69, 9.17) is 0 Å². The van der Waals surface area contributed by atoms with Crippen LogP contribution in [0, 0.1) is 18.8 Å². The highest BCUT2D eigenvalue weighted by Crippen LogP contribution is 2.26. The molecule has 0 aliphatic heterocycles. The third-order valence-corrected chi connectivity index (χ3v) is 2.35. The largest absolute Gasteiger partial charge is 0.285 e. The number of nitrogens with zero attached hydrogens (tertiary/aromatic N) is 2. The predicted octanol–water partition coefficient (Wildman–Crippen LogP) is 1.36. The van der Waals surface area contributed by atoms with Gasteiger partial charge in [-0.25, -0.2) is 0 Å². The van der Waals surface area contributed by atoms with Crippen molar-refractivity contribution >= 4 is 5.69 Å². The molecule has 0 radical (unpaired) electrons. The van der Waals surface area contributed by atoms with E-state index in [-0.39, 0.29) is 11.3 Å². The Bertz CT molecular complexity index is 631. The summed E-state index contributed by atoms with van der Waals surface area (Å²) >= 11 is 0. The second-order valence-electron chi connectivity index (χ2n) is 3.61. The molecule has 0 aliphatic rings. The van der Waals surface area contributed by atoms with E-state index in [1.807, 2.05) is 0 Å². The van der Waals surface area contributed by atoms with Crippen molar-refractivity contribution < 1.29 is 0 Å². The maximum Gasteiger partial charge on any atom is 0.256 e. The lowest BCUT2D eigenvalue weighted by molar-refractivity contribution is 1.12. The highest BCUT2D eigenvalue weighted by atomic mass is 16.3. The van der Waals surface area contributed by atoms with E-state index in [1.54, 1.807) is 26.0 Å². The van der Waals surface area contributed by atoms with Crippen LogP contribution >= 0.6 is 0 Å². The second-order valence-corrected chi connectivity index (χ2v) is 3.61. The zero-order chi connectivity index (χ0) is 11.9. The normalized spacial score (nSPS) is 10.6. The molecule has 16 heavy (non-hydrogen) atoms. The van der Waals surface area contributed by atoms with Gasteiger partial charge in [0.1, 0.15) is 0 Å². The van der Waals surface area contributed by atoms with Crippen LogP contribution in [0.1, 0.15) is 11.4 Å². The van der Waals surface area contributed by atoms with E-state index in [0.717, 1.165) is 11.4 Å². The molecule has 0 aliphatic carbocycles. The Morgan fingerprint density at radius 1 is 1.06 bits per heavy atom. The van der Waals surface area contributed by atoms with Crippen molar-refractivity contribution in [3.05, 3.63) is 48.9 Å². The van der Waals surface area contributed by atoms with E-state index in [2.05, 4.69) is 10.2 Å². The second kappa shape index (κ2) is 3.44.